The van der Waals surface area contributed by atoms with Crippen LogP contribution in [0.2, 0.25) is 0 Å². The molecule has 1 nitrogen and oxygen atoms in total. The molecule has 0 saturated carbocycles. The molecule has 0 bridgehead atoms. The van der Waals surface area contributed by atoms with Crippen molar-refractivity contribution < 1.29 is 8.78 Å². The second-order valence-corrected chi connectivity index (χ2v) is 6.50. The van der Waals surface area contributed by atoms with Crippen LogP contribution in [0.15, 0.2) is 65.7 Å². The lowest BCUT2D eigenvalue weighted by Gasteiger charge is -2.07. The highest BCUT2D eigenvalue weighted by molar-refractivity contribution is 14.1. The molecule has 0 aliphatic carbocycles. The first-order valence-electron chi connectivity index (χ1n) is 7.02. The van der Waals surface area contributed by atoms with E-state index >= 15 is 0 Å². The van der Waals surface area contributed by atoms with E-state index in [1.165, 1.54) is 12.1 Å². The van der Waals surface area contributed by atoms with E-state index in [4.69, 9.17) is 0 Å². The van der Waals surface area contributed by atoms with Crippen molar-refractivity contribution in [1.29, 1.82) is 0 Å². The van der Waals surface area contributed by atoms with E-state index in [1.807, 2.05) is 53.7 Å². The van der Waals surface area contributed by atoms with Crippen LogP contribution < -0.4 is 0 Å². The summed E-state index contributed by atoms with van der Waals surface area (Å²) < 4.78 is 29.1. The van der Waals surface area contributed by atoms with Gasteiger partial charge in [0.25, 0.3) is 0 Å². The fourth-order valence-corrected chi connectivity index (χ4v) is 2.83. The van der Waals surface area contributed by atoms with Gasteiger partial charge in [-0.05, 0) is 81.3 Å². The molecule has 0 N–H and O–H groups in total. The van der Waals surface area contributed by atoms with Crippen LogP contribution in [0, 0.1) is 15.2 Å². The highest BCUT2D eigenvalue weighted by Gasteiger charge is 2.11. The molecule has 3 aromatic carbocycles. The monoisotopic (exact) mass is 449 g/mol. The maximum atomic E-state index is 13.9. The summed E-state index contributed by atoms with van der Waals surface area (Å²) in [6.45, 7) is 0. The smallest absolute Gasteiger partial charge is 0.153 e. The van der Waals surface area contributed by atoms with Crippen molar-refractivity contribution in [2.45, 2.75) is 0 Å². The summed E-state index contributed by atoms with van der Waals surface area (Å²) in [5, 5.41) is 1.98. The van der Waals surface area contributed by atoms with Crippen LogP contribution in [0.1, 0.15) is 0 Å². The van der Waals surface area contributed by atoms with Gasteiger partial charge in [0.15, 0.2) is 11.6 Å². The number of halogens is 3. The number of thiocarbonyl (C=S) groups is 1. The Balaban J connectivity index is 1.96. The van der Waals surface area contributed by atoms with E-state index in [9.17, 15) is 8.78 Å². The lowest BCUT2D eigenvalue weighted by molar-refractivity contribution is 0.588. The average molecular weight is 449 g/mol. The van der Waals surface area contributed by atoms with E-state index in [2.05, 4.69) is 39.8 Å². The molecule has 0 saturated heterocycles. The average Bonchev–Trinajstić information content (AvgIpc) is 2.59. The summed E-state index contributed by atoms with van der Waals surface area (Å²) in [7, 11) is 0. The first-order chi connectivity index (χ1) is 11.6. The van der Waals surface area contributed by atoms with E-state index in [1.54, 1.807) is 0 Å². The summed E-state index contributed by atoms with van der Waals surface area (Å²) in [5.41, 5.74) is 2.88. The Morgan fingerprint density at radius 3 is 1.62 bits per heavy atom. The van der Waals surface area contributed by atoms with Crippen LogP contribution in [0.25, 0.3) is 22.3 Å². The molecule has 0 aliphatic heterocycles. The molecule has 0 fully saturated rings. The molecule has 0 amide bonds. The first kappa shape index (κ1) is 16.9. The molecule has 0 unspecified atom stereocenters. The van der Waals surface area contributed by atoms with Crippen LogP contribution in [0.3, 0.4) is 0 Å². The van der Waals surface area contributed by atoms with Gasteiger partial charge in [-0.25, -0.2) is 8.78 Å². The van der Waals surface area contributed by atoms with Crippen LogP contribution in [0.4, 0.5) is 14.5 Å². The molecule has 0 heterocycles. The van der Waals surface area contributed by atoms with Gasteiger partial charge in [-0.15, -0.1) is 0 Å². The van der Waals surface area contributed by atoms with Gasteiger partial charge in [0.1, 0.15) is 5.69 Å². The summed E-state index contributed by atoms with van der Waals surface area (Å²) >= 11 is 6.65. The number of hydrogen-bond donors (Lipinski definition) is 0. The molecule has 24 heavy (non-hydrogen) atoms. The van der Waals surface area contributed by atoms with Gasteiger partial charge in [-0.1, -0.05) is 36.4 Å². The third-order valence-electron chi connectivity index (χ3n) is 3.57. The Morgan fingerprint density at radius 1 is 0.750 bits per heavy atom. The van der Waals surface area contributed by atoms with Gasteiger partial charge < -0.3 is 0 Å². The van der Waals surface area contributed by atoms with E-state index < -0.39 is 17.3 Å². The largest absolute Gasteiger partial charge is 0.204 e. The van der Waals surface area contributed by atoms with E-state index in [0.717, 1.165) is 20.3 Å². The number of rotatable bonds is 3. The standard InChI is InChI=1S/C19H10F2INS/c20-17-9-15(10-18(21)19(17)23-11-24)14-3-1-12(2-4-14)13-5-7-16(22)8-6-13/h1-10H. The lowest BCUT2D eigenvalue weighted by Crippen LogP contribution is -1.87. The van der Waals surface area contributed by atoms with Gasteiger partial charge in [-0.3, -0.25) is 0 Å². The number of aliphatic imine (C=N–C) groups is 1. The lowest BCUT2D eigenvalue weighted by atomic mass is 10.00. The quantitative estimate of drug-likeness (QED) is 0.248. The molecule has 0 radical (unpaired) electrons. The Bertz CT molecular complexity index is 908. The van der Waals surface area contributed by atoms with Gasteiger partial charge in [0, 0.05) is 3.57 Å². The Hall–Kier alpha value is -1.95. The summed E-state index contributed by atoms with van der Waals surface area (Å²) in [4.78, 5) is 3.42. The van der Waals surface area contributed by atoms with E-state index in [0.29, 0.717) is 5.56 Å². The zero-order valence-electron chi connectivity index (χ0n) is 12.3. The zero-order chi connectivity index (χ0) is 17.1. The minimum Gasteiger partial charge on any atom is -0.204 e. The number of nitrogens with zero attached hydrogens (tertiary/aromatic N) is 1. The molecule has 0 aliphatic rings. The number of hydrogen-bond acceptors (Lipinski definition) is 2. The normalized spacial score (nSPS) is 10.3. The van der Waals surface area contributed by atoms with Gasteiger partial charge >= 0.3 is 0 Å². The third kappa shape index (κ3) is 3.59. The van der Waals surface area contributed by atoms with Gasteiger partial charge in [-0.2, -0.15) is 4.99 Å². The summed E-state index contributed by atoms with van der Waals surface area (Å²) in [6, 6.07) is 18.2. The molecule has 118 valence electrons. The maximum absolute atomic E-state index is 13.9. The van der Waals surface area contributed by atoms with Gasteiger partial charge in [0.05, 0.1) is 5.16 Å². The van der Waals surface area contributed by atoms with Crippen molar-refractivity contribution in [3.63, 3.8) is 0 Å². The minimum absolute atomic E-state index is 0.413. The molecule has 0 atom stereocenters. The minimum atomic E-state index is -0.760. The topological polar surface area (TPSA) is 12.4 Å². The number of benzene rings is 3. The Kier molecular flexibility index (Phi) is 5.14. The SMILES string of the molecule is Fc1cc(-c2ccc(-c3ccc(I)cc3)cc2)cc(F)c1N=C=S. The van der Waals surface area contributed by atoms with Crippen molar-refractivity contribution in [3.8, 4) is 22.3 Å². The Labute approximate surface area is 157 Å². The van der Waals surface area contributed by atoms with Crippen molar-refractivity contribution >= 4 is 45.7 Å². The zero-order valence-corrected chi connectivity index (χ0v) is 15.2. The van der Waals surface area contributed by atoms with Crippen molar-refractivity contribution in [3.05, 3.63) is 75.9 Å². The first-order valence-corrected chi connectivity index (χ1v) is 8.50. The predicted molar refractivity (Wildman–Crippen MR) is 105 cm³/mol. The van der Waals surface area contributed by atoms with E-state index in [-0.39, 0.29) is 0 Å². The van der Waals surface area contributed by atoms with Crippen molar-refractivity contribution in [1.82, 2.24) is 0 Å². The molecule has 3 rings (SSSR count). The fraction of sp³-hybridized carbons (Fsp3) is 0. The van der Waals surface area contributed by atoms with Crippen molar-refractivity contribution in [2.75, 3.05) is 0 Å². The van der Waals surface area contributed by atoms with Crippen LogP contribution in [0.5, 0.6) is 0 Å². The highest BCUT2D eigenvalue weighted by atomic mass is 127. The molecule has 5 heteroatoms. The fourth-order valence-electron chi connectivity index (χ4n) is 2.38. The second kappa shape index (κ2) is 7.30. The third-order valence-corrected chi connectivity index (χ3v) is 4.38. The summed E-state index contributed by atoms with van der Waals surface area (Å²) in [6.07, 6.45) is 0. The second-order valence-electron chi connectivity index (χ2n) is 5.08. The Morgan fingerprint density at radius 2 is 1.17 bits per heavy atom. The predicted octanol–water partition coefficient (Wildman–Crippen LogP) is 6.64. The molecule has 0 aromatic heterocycles. The molecule has 0 spiro atoms. The highest BCUT2D eigenvalue weighted by Crippen LogP contribution is 2.30. The summed E-state index contributed by atoms with van der Waals surface area (Å²) in [5.74, 6) is -1.52. The van der Waals surface area contributed by atoms with Crippen LogP contribution in [-0.4, -0.2) is 5.16 Å². The molecular formula is C19H10F2INS. The van der Waals surface area contributed by atoms with Crippen molar-refractivity contribution in [2.24, 2.45) is 4.99 Å². The number of isothiocyanates is 1. The van der Waals surface area contributed by atoms with Crippen LogP contribution in [-0.2, 0) is 0 Å². The van der Waals surface area contributed by atoms with Gasteiger partial charge in [0.2, 0.25) is 0 Å². The molecular weight excluding hydrogens is 439 g/mol. The molecule has 3 aromatic rings. The maximum Gasteiger partial charge on any atom is 0.153 e. The van der Waals surface area contributed by atoms with Crippen LogP contribution >= 0.6 is 34.8 Å².